The summed E-state index contributed by atoms with van der Waals surface area (Å²) in [5.74, 6) is -2.65. The van der Waals surface area contributed by atoms with E-state index in [4.69, 9.17) is 47.4 Å². The number of carbonyl (C=O) groups is 2. The molecule has 6 heterocycles. The van der Waals surface area contributed by atoms with Gasteiger partial charge < -0.3 is 62.5 Å². The number of allylic oxidation sites excluding steroid dienone is 2. The number of carbonyl (C=O) groups excluding carboxylic acids is 2. The predicted octanol–water partition coefficient (Wildman–Crippen LogP) is 5.08. The van der Waals surface area contributed by atoms with Crippen LogP contribution in [0.4, 0.5) is 0 Å². The number of rotatable bonds is 9. The van der Waals surface area contributed by atoms with Crippen molar-refractivity contribution >= 4 is 12.4 Å². The minimum Gasteiger partial charge on any atom is -0.462 e. The molecule has 1 spiro atoms. The Labute approximate surface area is 379 Å². The van der Waals surface area contributed by atoms with Gasteiger partial charge in [0, 0.05) is 58.8 Å². The monoisotopic (exact) mass is 900 g/mol. The van der Waals surface area contributed by atoms with E-state index in [-0.39, 0.29) is 55.1 Å². The second kappa shape index (κ2) is 20.2. The van der Waals surface area contributed by atoms with Crippen LogP contribution in [-0.4, -0.2) is 153 Å². The number of hydrogen-bond donors (Lipinski definition) is 2. The van der Waals surface area contributed by atoms with Crippen LogP contribution >= 0.6 is 0 Å². The number of amides is 1. The van der Waals surface area contributed by atoms with E-state index in [0.29, 0.717) is 36.8 Å². The Morgan fingerprint density at radius 2 is 1.61 bits per heavy atom. The molecule has 7 rings (SSSR count). The van der Waals surface area contributed by atoms with Gasteiger partial charge in [-0.25, -0.2) is 0 Å². The SMILES string of the molecule is CO[C@H]1C[C@H](O[C@@H]2/C(C)=C/C[C@@H]3C[C@@H](C[C@]4(C=C[C@H](C)[C@@H](C(C)C)O4)O3)OC(=O)[C@@H]3C=C(C)[C@@H](O)[C@H]4OC/C(=C\C=C\[C@@H]2C)[C@]43O)O[C@@H](C)[C@@H]1O[C@H]1C[C@H](OC)[C@H](N(C)C=O)[C@H](C)O1. The van der Waals surface area contributed by atoms with E-state index in [2.05, 4.69) is 39.8 Å². The number of aliphatic hydroxyl groups excluding tert-OH is 1. The molecule has 1 amide bonds. The van der Waals surface area contributed by atoms with Crippen LogP contribution in [-0.2, 0) is 57.0 Å². The maximum atomic E-state index is 14.3. The Morgan fingerprint density at radius 1 is 0.906 bits per heavy atom. The van der Waals surface area contributed by atoms with Gasteiger partial charge in [0.25, 0.3) is 0 Å². The highest BCUT2D eigenvalue weighted by Crippen LogP contribution is 2.47. The van der Waals surface area contributed by atoms with E-state index in [0.717, 1.165) is 12.0 Å². The number of ether oxygens (including phenoxy) is 10. The van der Waals surface area contributed by atoms with Gasteiger partial charge in [-0.1, -0.05) is 64.2 Å². The lowest BCUT2D eigenvalue weighted by Crippen LogP contribution is -2.58. The van der Waals surface area contributed by atoms with Crippen molar-refractivity contribution in [1.29, 1.82) is 0 Å². The molecule has 15 nitrogen and oxygen atoms in total. The van der Waals surface area contributed by atoms with Crippen LogP contribution < -0.4 is 0 Å². The van der Waals surface area contributed by atoms with Gasteiger partial charge in [-0.2, -0.15) is 0 Å². The van der Waals surface area contributed by atoms with Gasteiger partial charge >= 0.3 is 5.97 Å². The summed E-state index contributed by atoms with van der Waals surface area (Å²) in [6, 6.07) is -0.259. The predicted molar refractivity (Wildman–Crippen MR) is 234 cm³/mol. The zero-order chi connectivity index (χ0) is 46.2. The van der Waals surface area contributed by atoms with Gasteiger partial charge in [0.15, 0.2) is 18.4 Å². The molecular weight excluding hydrogens is 827 g/mol. The zero-order valence-electron chi connectivity index (χ0n) is 39.5. The molecule has 4 saturated heterocycles. The van der Waals surface area contributed by atoms with Crippen molar-refractivity contribution in [3.05, 3.63) is 59.3 Å². The normalized spacial score (nSPS) is 47.4. The largest absolute Gasteiger partial charge is 0.462 e. The Morgan fingerprint density at radius 3 is 2.31 bits per heavy atom. The van der Waals surface area contributed by atoms with Gasteiger partial charge in [0.05, 0.1) is 55.4 Å². The Kier molecular flexibility index (Phi) is 15.5. The highest BCUT2D eigenvalue weighted by atomic mass is 16.7. The average Bonchev–Trinajstić information content (AvgIpc) is 3.60. The first-order valence-electron chi connectivity index (χ1n) is 23.3. The number of methoxy groups -OCH3 is 2. The standard InChI is InChI=1S/C49H73NO14/c1-26(2)43-29(5)17-18-48(64-43)23-35-20-34(63-48)16-15-28(4)44(27(3)13-12-14-33-24-57-46-42(52)30(6)19-36(47(53)60-35)49(33,46)54)61-40-22-38(56-11)45(32(8)59-40)62-39-21-37(55-10)41(31(7)58-39)50(9)25-51/h12-15,17-19,25-27,29,31-32,34-46,52,54H,16,20-24H2,1-11H3/b13-12+,28-15+,33-14+/t27-,29-,31-,32-,34+,35-,36-,37-,38-,39-,40-,41+,42+,43+,44-,45-,46+,48+,49+/m0/s1. The molecule has 358 valence electrons. The molecule has 15 heteroatoms. The Balaban J connectivity index is 1.16. The van der Waals surface area contributed by atoms with E-state index in [1.807, 2.05) is 39.0 Å². The fourth-order valence-electron chi connectivity index (χ4n) is 11.1. The Hall–Kier alpha value is -2.80. The average molecular weight is 900 g/mol. The molecule has 6 aliphatic heterocycles. The number of nitrogens with zero attached hydrogens (tertiary/aromatic N) is 1. The lowest BCUT2D eigenvalue weighted by molar-refractivity contribution is -0.314. The zero-order valence-corrected chi connectivity index (χ0v) is 39.5. The van der Waals surface area contributed by atoms with E-state index in [1.165, 1.54) is 0 Å². The van der Waals surface area contributed by atoms with E-state index >= 15 is 0 Å². The molecule has 19 atom stereocenters. The third-order valence-electron chi connectivity index (χ3n) is 14.6. The number of aliphatic hydroxyl groups is 2. The number of esters is 1. The first-order valence-corrected chi connectivity index (χ1v) is 23.3. The quantitative estimate of drug-likeness (QED) is 0.178. The van der Waals surface area contributed by atoms with Gasteiger partial charge in [0.2, 0.25) is 6.41 Å². The molecule has 4 fully saturated rings. The molecule has 2 bridgehead atoms. The van der Waals surface area contributed by atoms with Gasteiger partial charge in [-0.3, -0.25) is 9.59 Å². The smallest absolute Gasteiger partial charge is 0.316 e. The van der Waals surface area contributed by atoms with Crippen LogP contribution in [0.25, 0.3) is 0 Å². The van der Waals surface area contributed by atoms with E-state index < -0.39 is 84.7 Å². The van der Waals surface area contributed by atoms with E-state index in [1.54, 1.807) is 45.2 Å². The molecule has 0 aromatic rings. The summed E-state index contributed by atoms with van der Waals surface area (Å²) in [7, 11) is 5.00. The van der Waals surface area contributed by atoms with Crippen LogP contribution in [0.5, 0.6) is 0 Å². The molecule has 1 aliphatic carbocycles. The van der Waals surface area contributed by atoms with Crippen molar-refractivity contribution in [2.24, 2.45) is 23.7 Å². The van der Waals surface area contributed by atoms with Crippen LogP contribution in [0.2, 0.25) is 0 Å². The molecule has 0 aromatic carbocycles. The summed E-state index contributed by atoms with van der Waals surface area (Å²) < 4.78 is 64.3. The maximum Gasteiger partial charge on any atom is 0.316 e. The van der Waals surface area contributed by atoms with Crippen LogP contribution in [0.15, 0.2) is 59.3 Å². The third-order valence-corrected chi connectivity index (χ3v) is 14.6. The fourth-order valence-corrected chi connectivity index (χ4v) is 11.1. The highest BCUT2D eigenvalue weighted by molar-refractivity contribution is 5.78. The van der Waals surface area contributed by atoms with Crippen molar-refractivity contribution in [2.45, 2.75) is 185 Å². The summed E-state index contributed by atoms with van der Waals surface area (Å²) in [4.78, 5) is 27.5. The number of hydrogen-bond acceptors (Lipinski definition) is 14. The number of fused-ring (bicyclic) bond motifs is 2. The number of likely N-dealkylation sites (N-methyl/N-ethyl adjacent to an activating group) is 1. The first-order chi connectivity index (χ1) is 30.4. The maximum absolute atomic E-state index is 14.3. The Bertz CT molecular complexity index is 1810. The molecular formula is C49H73NO14. The van der Waals surface area contributed by atoms with Crippen LogP contribution in [0.1, 0.15) is 87.5 Å². The summed E-state index contributed by atoms with van der Waals surface area (Å²) in [6.45, 7) is 16.1. The van der Waals surface area contributed by atoms with Crippen LogP contribution in [0.3, 0.4) is 0 Å². The summed E-state index contributed by atoms with van der Waals surface area (Å²) in [6.07, 6.45) is 9.32. The molecule has 64 heavy (non-hydrogen) atoms. The third kappa shape index (κ3) is 9.92. The van der Waals surface area contributed by atoms with Crippen molar-refractivity contribution in [2.75, 3.05) is 27.9 Å². The van der Waals surface area contributed by atoms with Crippen molar-refractivity contribution in [1.82, 2.24) is 4.90 Å². The second-order valence-corrected chi connectivity index (χ2v) is 19.6. The van der Waals surface area contributed by atoms with E-state index in [9.17, 15) is 19.8 Å². The van der Waals surface area contributed by atoms with Crippen molar-refractivity contribution in [3.8, 4) is 0 Å². The fraction of sp³-hybridized carbons (Fsp3) is 0.755. The minimum absolute atomic E-state index is 0.0271. The second-order valence-electron chi connectivity index (χ2n) is 19.6. The molecule has 7 aliphatic rings. The summed E-state index contributed by atoms with van der Waals surface area (Å²) in [5.41, 5.74) is 0.114. The topological polar surface area (TPSA) is 170 Å². The summed E-state index contributed by atoms with van der Waals surface area (Å²) >= 11 is 0. The molecule has 0 radical (unpaired) electrons. The minimum atomic E-state index is -1.84. The first kappa shape index (κ1) is 49.1. The lowest BCUT2D eigenvalue weighted by Gasteiger charge is -2.48. The molecule has 0 saturated carbocycles. The molecule has 0 aromatic heterocycles. The highest BCUT2D eigenvalue weighted by Gasteiger charge is 2.60. The van der Waals surface area contributed by atoms with Gasteiger partial charge in [-0.05, 0) is 62.8 Å². The molecule has 0 unspecified atom stereocenters. The molecule has 2 N–H and O–H groups in total. The van der Waals surface area contributed by atoms with Gasteiger partial charge in [-0.15, -0.1) is 0 Å². The summed E-state index contributed by atoms with van der Waals surface area (Å²) in [5, 5.41) is 23.7. The van der Waals surface area contributed by atoms with Crippen LogP contribution in [0, 0.1) is 23.7 Å². The van der Waals surface area contributed by atoms with Crippen molar-refractivity contribution < 1.29 is 67.2 Å². The lowest BCUT2D eigenvalue weighted by atomic mass is 9.71. The van der Waals surface area contributed by atoms with Gasteiger partial charge in [0.1, 0.15) is 35.9 Å². The van der Waals surface area contributed by atoms with Crippen molar-refractivity contribution in [3.63, 3.8) is 0 Å².